The first-order chi connectivity index (χ1) is 15.2. The Morgan fingerprint density at radius 2 is 1.91 bits per heavy atom. The molecule has 1 atom stereocenters. The van der Waals surface area contributed by atoms with Gasteiger partial charge in [-0.3, -0.25) is 0 Å². The first kappa shape index (κ1) is 24.4. The van der Waals surface area contributed by atoms with Gasteiger partial charge in [0.25, 0.3) is 0 Å². The summed E-state index contributed by atoms with van der Waals surface area (Å²) in [7, 11) is -2.73. The predicted octanol–water partition coefficient (Wildman–Crippen LogP) is 4.59. The van der Waals surface area contributed by atoms with Crippen LogP contribution in [-0.4, -0.2) is 43.9 Å². The van der Waals surface area contributed by atoms with Gasteiger partial charge in [0.15, 0.2) is 6.10 Å². The van der Waals surface area contributed by atoms with E-state index in [0.29, 0.717) is 0 Å². The molecule has 12 heteroatoms. The summed E-state index contributed by atoms with van der Waals surface area (Å²) in [6.07, 6.45) is -2.68. The highest BCUT2D eigenvalue weighted by Crippen LogP contribution is 2.39. The van der Waals surface area contributed by atoms with E-state index in [4.69, 9.17) is 9.84 Å². The van der Waals surface area contributed by atoms with Crippen LogP contribution in [0.15, 0.2) is 41.0 Å². The Balaban J connectivity index is 2.20. The van der Waals surface area contributed by atoms with Gasteiger partial charge in [0.1, 0.15) is 17.9 Å². The van der Waals surface area contributed by atoms with Crippen molar-refractivity contribution in [2.45, 2.75) is 25.6 Å². The first-order valence-corrected chi connectivity index (χ1v) is 11.8. The Morgan fingerprint density at radius 3 is 2.52 bits per heavy atom. The Morgan fingerprint density at radius 1 is 1.21 bits per heavy atom. The van der Waals surface area contributed by atoms with E-state index in [-0.39, 0.29) is 40.0 Å². The fourth-order valence-electron chi connectivity index (χ4n) is 3.11. The van der Waals surface area contributed by atoms with Crippen molar-refractivity contribution < 1.29 is 36.4 Å². The van der Waals surface area contributed by atoms with Gasteiger partial charge in [0.05, 0.1) is 22.5 Å². The van der Waals surface area contributed by atoms with Crippen LogP contribution in [0.3, 0.4) is 0 Å². The molecule has 0 unspecified atom stereocenters. The summed E-state index contributed by atoms with van der Waals surface area (Å²) in [5, 5.41) is 8.77. The quantitative estimate of drug-likeness (QED) is 0.513. The SMILES string of the molecule is C[C@@H](Oc1cc(F)ccc1Cc1ncnc2cc(N=S(C)(C)=O)cc(C(F)(F)F)c12)C(=O)O. The van der Waals surface area contributed by atoms with E-state index in [1.807, 2.05) is 0 Å². The molecule has 0 aliphatic heterocycles. The monoisotopic (exact) mass is 485 g/mol. The normalized spacial score (nSPS) is 13.1. The number of hydrogen-bond donors (Lipinski definition) is 1. The van der Waals surface area contributed by atoms with Crippen LogP contribution in [0.5, 0.6) is 5.75 Å². The lowest BCUT2D eigenvalue weighted by Crippen LogP contribution is -2.23. The van der Waals surface area contributed by atoms with Crippen molar-refractivity contribution in [2.24, 2.45) is 4.36 Å². The highest BCUT2D eigenvalue weighted by atomic mass is 32.2. The van der Waals surface area contributed by atoms with Gasteiger partial charge in [-0.2, -0.15) is 17.5 Å². The maximum atomic E-state index is 13.9. The lowest BCUT2D eigenvalue weighted by atomic mass is 10.00. The minimum atomic E-state index is -4.80. The van der Waals surface area contributed by atoms with E-state index in [9.17, 15) is 26.6 Å². The number of rotatable bonds is 6. The van der Waals surface area contributed by atoms with Gasteiger partial charge in [-0.25, -0.2) is 23.4 Å². The van der Waals surface area contributed by atoms with E-state index in [1.54, 1.807) is 0 Å². The van der Waals surface area contributed by atoms with Crippen LogP contribution in [0.2, 0.25) is 0 Å². The molecule has 1 aromatic heterocycles. The third kappa shape index (κ3) is 5.95. The fourth-order valence-corrected chi connectivity index (χ4v) is 3.73. The molecule has 1 heterocycles. The minimum Gasteiger partial charge on any atom is -0.479 e. The zero-order chi connectivity index (χ0) is 24.6. The highest BCUT2D eigenvalue weighted by molar-refractivity contribution is 7.92. The van der Waals surface area contributed by atoms with Crippen molar-refractivity contribution >= 4 is 32.3 Å². The second-order valence-electron chi connectivity index (χ2n) is 7.51. The third-order valence-electron chi connectivity index (χ3n) is 4.47. The number of hydrogen-bond acceptors (Lipinski definition) is 6. The second-order valence-corrected chi connectivity index (χ2v) is 10.1. The van der Waals surface area contributed by atoms with Gasteiger partial charge in [-0.1, -0.05) is 6.07 Å². The van der Waals surface area contributed by atoms with Gasteiger partial charge < -0.3 is 9.84 Å². The molecule has 3 aromatic rings. The molecule has 176 valence electrons. The summed E-state index contributed by atoms with van der Waals surface area (Å²) in [6.45, 7) is 1.24. The molecule has 0 spiro atoms. The molecule has 2 aromatic carbocycles. The molecular formula is C21H19F4N3O4S. The number of alkyl halides is 3. The largest absolute Gasteiger partial charge is 0.479 e. The molecule has 7 nitrogen and oxygen atoms in total. The van der Waals surface area contributed by atoms with Crippen LogP contribution in [0.4, 0.5) is 23.2 Å². The molecule has 0 aliphatic rings. The number of aliphatic carboxylic acids is 1. The van der Waals surface area contributed by atoms with Crippen molar-refractivity contribution in [3.63, 3.8) is 0 Å². The summed E-state index contributed by atoms with van der Waals surface area (Å²) < 4.78 is 76.7. The number of ether oxygens (including phenoxy) is 1. The van der Waals surface area contributed by atoms with Crippen LogP contribution in [-0.2, 0) is 27.1 Å². The Kier molecular flexibility index (Phi) is 6.59. The van der Waals surface area contributed by atoms with Crippen LogP contribution < -0.4 is 4.74 Å². The van der Waals surface area contributed by atoms with Gasteiger partial charge in [0.2, 0.25) is 0 Å². The average molecular weight is 485 g/mol. The van der Waals surface area contributed by atoms with Gasteiger partial charge in [-0.15, -0.1) is 0 Å². The van der Waals surface area contributed by atoms with Crippen LogP contribution in [0.25, 0.3) is 10.9 Å². The van der Waals surface area contributed by atoms with E-state index >= 15 is 0 Å². The Bertz CT molecular complexity index is 1340. The summed E-state index contributed by atoms with van der Waals surface area (Å²) in [6, 6.07) is 5.37. The standard InChI is InChI=1S/C21H19F4N3O4S/c1-11(20(29)30)32-18-7-13(22)5-4-12(18)6-16-19-15(21(23,24)25)8-14(28-33(2,3)31)9-17(19)27-10-26-16/h4-5,7-11H,6H2,1-3H3,(H,29,30)/t11-/m1/s1. The lowest BCUT2D eigenvalue weighted by molar-refractivity contribution is -0.144. The predicted molar refractivity (Wildman–Crippen MR) is 114 cm³/mol. The van der Waals surface area contributed by atoms with Gasteiger partial charge >= 0.3 is 12.1 Å². The lowest BCUT2D eigenvalue weighted by Gasteiger charge is -2.17. The zero-order valence-electron chi connectivity index (χ0n) is 17.7. The molecule has 0 saturated carbocycles. The molecule has 0 aliphatic carbocycles. The smallest absolute Gasteiger partial charge is 0.417 e. The van der Waals surface area contributed by atoms with E-state index < -0.39 is 39.4 Å². The third-order valence-corrected chi connectivity index (χ3v) is 5.12. The van der Waals surface area contributed by atoms with Crippen molar-refractivity contribution in [3.05, 3.63) is 59.3 Å². The van der Waals surface area contributed by atoms with Crippen molar-refractivity contribution in [3.8, 4) is 5.75 Å². The number of nitrogens with zero attached hydrogens (tertiary/aromatic N) is 3. The molecule has 1 N–H and O–H groups in total. The highest BCUT2D eigenvalue weighted by Gasteiger charge is 2.35. The molecule has 3 rings (SSSR count). The Labute approximate surface area is 186 Å². The minimum absolute atomic E-state index is 0.0351. The average Bonchev–Trinajstić information content (AvgIpc) is 2.67. The maximum Gasteiger partial charge on any atom is 0.417 e. The van der Waals surface area contributed by atoms with E-state index in [2.05, 4.69) is 14.3 Å². The van der Waals surface area contributed by atoms with Gasteiger partial charge in [-0.05, 0) is 25.1 Å². The molecule has 33 heavy (non-hydrogen) atoms. The summed E-state index contributed by atoms with van der Waals surface area (Å²) >= 11 is 0. The van der Waals surface area contributed by atoms with Crippen LogP contribution in [0, 0.1) is 5.82 Å². The van der Waals surface area contributed by atoms with E-state index in [0.717, 1.165) is 24.5 Å². The summed E-state index contributed by atoms with van der Waals surface area (Å²) in [5.74, 6) is -2.13. The van der Waals surface area contributed by atoms with Crippen molar-refractivity contribution in [1.29, 1.82) is 0 Å². The number of fused-ring (bicyclic) bond motifs is 1. The first-order valence-electron chi connectivity index (χ1n) is 9.44. The summed E-state index contributed by atoms with van der Waals surface area (Å²) in [4.78, 5) is 19.0. The number of carbonyl (C=O) groups is 1. The number of benzene rings is 2. The van der Waals surface area contributed by atoms with Crippen LogP contribution in [0.1, 0.15) is 23.7 Å². The summed E-state index contributed by atoms with van der Waals surface area (Å²) in [5.41, 5.74) is -1.08. The number of aromatic nitrogens is 2. The zero-order valence-corrected chi connectivity index (χ0v) is 18.5. The molecule has 0 bridgehead atoms. The molecule has 0 amide bonds. The maximum absolute atomic E-state index is 13.9. The Hall–Kier alpha value is -3.28. The topological polar surface area (TPSA) is 102 Å². The fraction of sp³-hybridized carbons (Fsp3) is 0.286. The van der Waals surface area contributed by atoms with Crippen LogP contribution >= 0.6 is 0 Å². The number of carboxylic acids is 1. The number of carboxylic acid groups (broad SMARTS) is 1. The van der Waals surface area contributed by atoms with Crippen molar-refractivity contribution in [2.75, 3.05) is 12.5 Å². The molecule has 0 radical (unpaired) electrons. The second kappa shape index (κ2) is 8.93. The molecular weight excluding hydrogens is 466 g/mol. The van der Waals surface area contributed by atoms with Crippen molar-refractivity contribution in [1.82, 2.24) is 9.97 Å². The number of halogens is 4. The van der Waals surface area contributed by atoms with E-state index in [1.165, 1.54) is 31.6 Å². The van der Waals surface area contributed by atoms with Gasteiger partial charge in [0, 0.05) is 45.7 Å². The molecule has 0 fully saturated rings. The molecule has 0 saturated heterocycles.